The lowest BCUT2D eigenvalue weighted by atomic mass is 10.2. The van der Waals surface area contributed by atoms with Gasteiger partial charge in [0.1, 0.15) is 6.33 Å². The molecule has 104 valence electrons. The predicted octanol–water partition coefficient (Wildman–Crippen LogP) is 2.48. The third-order valence-electron chi connectivity index (χ3n) is 2.58. The molecule has 0 unspecified atom stereocenters. The van der Waals surface area contributed by atoms with Gasteiger partial charge in [-0.05, 0) is 24.6 Å². The number of aryl methyl sites for hydroxylation is 1. The summed E-state index contributed by atoms with van der Waals surface area (Å²) in [6.45, 7) is 1.94. The highest BCUT2D eigenvalue weighted by Crippen LogP contribution is 2.31. The maximum atomic E-state index is 11.1. The number of hydrogen-bond donors (Lipinski definition) is 3. The fourth-order valence-corrected chi connectivity index (χ4v) is 1.93. The minimum atomic E-state index is -0.596. The van der Waals surface area contributed by atoms with Gasteiger partial charge in [-0.2, -0.15) is 0 Å². The van der Waals surface area contributed by atoms with E-state index in [-0.39, 0.29) is 17.3 Å². The van der Waals surface area contributed by atoms with E-state index in [0.29, 0.717) is 5.69 Å². The summed E-state index contributed by atoms with van der Waals surface area (Å²) in [6.07, 6.45) is 1.19. The van der Waals surface area contributed by atoms with Crippen LogP contribution in [0.3, 0.4) is 0 Å². The van der Waals surface area contributed by atoms with Crippen molar-refractivity contribution >= 4 is 38.9 Å². The van der Waals surface area contributed by atoms with E-state index in [2.05, 4.69) is 36.6 Å². The van der Waals surface area contributed by atoms with Gasteiger partial charge in [0, 0.05) is 10.2 Å². The van der Waals surface area contributed by atoms with E-state index in [0.717, 1.165) is 10.0 Å². The summed E-state index contributed by atoms with van der Waals surface area (Å²) >= 11 is 3.40. The summed E-state index contributed by atoms with van der Waals surface area (Å²) in [5, 5.41) is 14.0. The zero-order valence-corrected chi connectivity index (χ0v) is 12.0. The second-order valence-electron chi connectivity index (χ2n) is 3.91. The van der Waals surface area contributed by atoms with Gasteiger partial charge in [-0.3, -0.25) is 10.1 Å². The number of halogens is 1. The molecule has 0 saturated heterocycles. The van der Waals surface area contributed by atoms with E-state index in [1.54, 1.807) is 12.1 Å². The summed E-state index contributed by atoms with van der Waals surface area (Å²) in [4.78, 5) is 18.1. The number of nitrogen functional groups attached to an aromatic ring is 1. The van der Waals surface area contributed by atoms with Crippen LogP contribution in [0.4, 0.5) is 23.0 Å². The van der Waals surface area contributed by atoms with Gasteiger partial charge in [-0.25, -0.2) is 15.8 Å². The van der Waals surface area contributed by atoms with Gasteiger partial charge in [-0.1, -0.05) is 22.0 Å². The van der Waals surface area contributed by atoms with E-state index < -0.39 is 4.92 Å². The Morgan fingerprint density at radius 2 is 2.05 bits per heavy atom. The largest absolute Gasteiger partial charge is 0.354 e. The standard InChI is InChI=1S/C11H11BrN6O2/c1-6-2-3-7(4-8(6)12)16-10-9(18(19)20)11(17-13)15-5-14-10/h2-5H,13H2,1H3,(H2,14,15,16,17). The molecule has 0 bridgehead atoms. The number of nitro groups is 1. The minimum absolute atomic E-state index is 0.0568. The van der Waals surface area contributed by atoms with Gasteiger partial charge in [0.25, 0.3) is 0 Å². The van der Waals surface area contributed by atoms with Crippen molar-refractivity contribution in [2.45, 2.75) is 6.92 Å². The molecule has 1 heterocycles. The molecule has 4 N–H and O–H groups in total. The van der Waals surface area contributed by atoms with E-state index in [1.807, 2.05) is 13.0 Å². The molecular weight excluding hydrogens is 328 g/mol. The number of hydrogen-bond acceptors (Lipinski definition) is 7. The Bertz CT molecular complexity index is 663. The van der Waals surface area contributed by atoms with E-state index >= 15 is 0 Å². The van der Waals surface area contributed by atoms with Crippen molar-refractivity contribution in [1.82, 2.24) is 9.97 Å². The number of anilines is 3. The van der Waals surface area contributed by atoms with Gasteiger partial charge in [0.05, 0.1) is 4.92 Å². The highest BCUT2D eigenvalue weighted by molar-refractivity contribution is 9.10. The van der Waals surface area contributed by atoms with Crippen LogP contribution < -0.4 is 16.6 Å². The lowest BCUT2D eigenvalue weighted by Crippen LogP contribution is -2.12. The van der Waals surface area contributed by atoms with Crippen LogP contribution in [0.15, 0.2) is 29.0 Å². The number of rotatable bonds is 4. The van der Waals surface area contributed by atoms with Crippen LogP contribution in [-0.2, 0) is 0 Å². The van der Waals surface area contributed by atoms with Crippen LogP contribution in [0.1, 0.15) is 5.56 Å². The molecule has 2 rings (SSSR count). The Labute approximate surface area is 122 Å². The Morgan fingerprint density at radius 1 is 1.35 bits per heavy atom. The van der Waals surface area contributed by atoms with E-state index in [4.69, 9.17) is 5.84 Å². The fraction of sp³-hybridized carbons (Fsp3) is 0.0909. The fourth-order valence-electron chi connectivity index (χ4n) is 1.56. The summed E-state index contributed by atoms with van der Waals surface area (Å²) in [5.74, 6) is 5.22. The second-order valence-corrected chi connectivity index (χ2v) is 4.76. The molecule has 1 aromatic carbocycles. The molecule has 0 atom stereocenters. The lowest BCUT2D eigenvalue weighted by molar-refractivity contribution is -0.383. The summed E-state index contributed by atoms with van der Waals surface area (Å²) in [7, 11) is 0. The number of aromatic nitrogens is 2. The monoisotopic (exact) mass is 338 g/mol. The van der Waals surface area contributed by atoms with Crippen molar-refractivity contribution in [3.8, 4) is 0 Å². The molecule has 0 radical (unpaired) electrons. The topological polar surface area (TPSA) is 119 Å². The summed E-state index contributed by atoms with van der Waals surface area (Å²) in [6, 6.07) is 5.47. The zero-order chi connectivity index (χ0) is 14.7. The summed E-state index contributed by atoms with van der Waals surface area (Å²) in [5.41, 5.74) is 3.58. The van der Waals surface area contributed by atoms with Gasteiger partial charge in [-0.15, -0.1) is 0 Å². The third-order valence-corrected chi connectivity index (χ3v) is 3.43. The lowest BCUT2D eigenvalue weighted by Gasteiger charge is -2.09. The van der Waals surface area contributed by atoms with Gasteiger partial charge in [0.2, 0.25) is 11.6 Å². The first kappa shape index (κ1) is 14.2. The number of nitrogens with one attached hydrogen (secondary N) is 2. The molecule has 0 aliphatic heterocycles. The first-order chi connectivity index (χ1) is 9.52. The van der Waals surface area contributed by atoms with Crippen LogP contribution in [0.5, 0.6) is 0 Å². The smallest absolute Gasteiger partial charge is 0.334 e. The third kappa shape index (κ3) is 2.83. The first-order valence-corrected chi connectivity index (χ1v) is 6.31. The molecule has 9 heteroatoms. The molecule has 8 nitrogen and oxygen atoms in total. The Hall–Kier alpha value is -2.26. The molecule has 0 saturated carbocycles. The van der Waals surface area contributed by atoms with Crippen LogP contribution >= 0.6 is 15.9 Å². The van der Waals surface area contributed by atoms with Crippen LogP contribution in [0, 0.1) is 17.0 Å². The van der Waals surface area contributed by atoms with Crippen molar-refractivity contribution in [2.24, 2.45) is 5.84 Å². The minimum Gasteiger partial charge on any atom is -0.334 e. The van der Waals surface area contributed by atoms with Gasteiger partial charge < -0.3 is 10.7 Å². The number of nitrogens with two attached hydrogens (primary N) is 1. The predicted molar refractivity (Wildman–Crippen MR) is 78.7 cm³/mol. The highest BCUT2D eigenvalue weighted by atomic mass is 79.9. The Morgan fingerprint density at radius 3 is 2.65 bits per heavy atom. The Balaban J connectivity index is 2.42. The van der Waals surface area contributed by atoms with Crippen LogP contribution in [-0.4, -0.2) is 14.9 Å². The van der Waals surface area contributed by atoms with Crippen LogP contribution in [0.25, 0.3) is 0 Å². The first-order valence-electron chi connectivity index (χ1n) is 5.52. The summed E-state index contributed by atoms with van der Waals surface area (Å²) < 4.78 is 0.886. The molecular formula is C11H11BrN6O2. The average molecular weight is 339 g/mol. The molecule has 0 fully saturated rings. The van der Waals surface area contributed by atoms with Crippen molar-refractivity contribution in [1.29, 1.82) is 0 Å². The number of nitrogens with zero attached hydrogens (tertiary/aromatic N) is 3. The van der Waals surface area contributed by atoms with Crippen molar-refractivity contribution in [3.63, 3.8) is 0 Å². The number of benzene rings is 1. The van der Waals surface area contributed by atoms with Crippen molar-refractivity contribution < 1.29 is 4.92 Å². The second kappa shape index (κ2) is 5.80. The molecule has 1 aromatic heterocycles. The van der Waals surface area contributed by atoms with E-state index in [9.17, 15) is 10.1 Å². The highest BCUT2D eigenvalue weighted by Gasteiger charge is 2.22. The maximum absolute atomic E-state index is 11.1. The molecule has 0 spiro atoms. The molecule has 0 aliphatic rings. The van der Waals surface area contributed by atoms with Gasteiger partial charge >= 0.3 is 5.69 Å². The number of hydrazine groups is 1. The van der Waals surface area contributed by atoms with Gasteiger partial charge in [0.15, 0.2) is 0 Å². The maximum Gasteiger partial charge on any atom is 0.354 e. The molecule has 2 aromatic rings. The quantitative estimate of drug-likeness (QED) is 0.445. The molecule has 0 amide bonds. The van der Waals surface area contributed by atoms with Crippen molar-refractivity contribution in [2.75, 3.05) is 10.7 Å². The molecule has 0 aliphatic carbocycles. The van der Waals surface area contributed by atoms with Crippen molar-refractivity contribution in [3.05, 3.63) is 44.7 Å². The normalized spacial score (nSPS) is 10.2. The SMILES string of the molecule is Cc1ccc(Nc2ncnc(NN)c2[N+](=O)[O-])cc1Br. The molecule has 20 heavy (non-hydrogen) atoms. The van der Waals surface area contributed by atoms with Crippen LogP contribution in [0.2, 0.25) is 0 Å². The Kier molecular flexibility index (Phi) is 4.11. The zero-order valence-electron chi connectivity index (χ0n) is 10.4. The average Bonchev–Trinajstić information content (AvgIpc) is 2.42. The van der Waals surface area contributed by atoms with E-state index in [1.165, 1.54) is 6.33 Å².